The summed E-state index contributed by atoms with van der Waals surface area (Å²) >= 11 is 0. The zero-order valence-corrected chi connectivity index (χ0v) is 10.8. The van der Waals surface area contributed by atoms with Crippen molar-refractivity contribution in [2.45, 2.75) is 26.2 Å². The fourth-order valence-corrected chi connectivity index (χ4v) is 2.04. The highest BCUT2D eigenvalue weighted by Gasteiger charge is 2.05. The van der Waals surface area contributed by atoms with Crippen molar-refractivity contribution in [2.75, 3.05) is 0 Å². The smallest absolute Gasteiger partial charge is 0.141 e. The molecule has 1 heteroatoms. The summed E-state index contributed by atoms with van der Waals surface area (Å²) in [4.78, 5) is 11.9. The fraction of sp³-hybridized carbons (Fsp3) is 0.235. The van der Waals surface area contributed by atoms with Crippen LogP contribution in [-0.2, 0) is 11.2 Å². The summed E-state index contributed by atoms with van der Waals surface area (Å²) in [5.74, 6) is 0.247. The predicted molar refractivity (Wildman–Crippen MR) is 76.7 cm³/mol. The third kappa shape index (κ3) is 3.07. The lowest BCUT2D eigenvalue weighted by Crippen LogP contribution is -2.03. The third-order valence-corrected chi connectivity index (χ3v) is 3.16. The van der Waals surface area contributed by atoms with Gasteiger partial charge < -0.3 is 0 Å². The van der Waals surface area contributed by atoms with Crippen LogP contribution in [0.5, 0.6) is 0 Å². The van der Waals surface area contributed by atoms with Gasteiger partial charge >= 0.3 is 0 Å². The van der Waals surface area contributed by atoms with Crippen molar-refractivity contribution in [2.24, 2.45) is 0 Å². The standard InChI is InChI=1S/C17H18O/c1-3-13(2)10-17(18)12-14-8-9-15-6-4-5-7-16(15)11-14/h4-9,11H,2-3,10,12H2,1H3. The molecule has 0 unspecified atom stereocenters. The van der Waals surface area contributed by atoms with Crippen LogP contribution in [0.4, 0.5) is 0 Å². The van der Waals surface area contributed by atoms with Gasteiger partial charge in [0.05, 0.1) is 0 Å². The topological polar surface area (TPSA) is 17.1 Å². The molecule has 0 fully saturated rings. The molecule has 2 rings (SSSR count). The molecule has 0 aromatic heterocycles. The summed E-state index contributed by atoms with van der Waals surface area (Å²) < 4.78 is 0. The SMILES string of the molecule is C=C(CC)CC(=O)Cc1ccc2ccccc2c1. The maximum atomic E-state index is 11.9. The van der Waals surface area contributed by atoms with Gasteiger partial charge in [-0.3, -0.25) is 4.79 Å². The average molecular weight is 238 g/mol. The molecule has 0 N–H and O–H groups in total. The van der Waals surface area contributed by atoms with E-state index in [-0.39, 0.29) is 5.78 Å². The highest BCUT2D eigenvalue weighted by molar-refractivity contribution is 5.86. The van der Waals surface area contributed by atoms with E-state index in [1.165, 1.54) is 10.8 Å². The van der Waals surface area contributed by atoms with E-state index in [1.807, 2.05) is 25.1 Å². The number of fused-ring (bicyclic) bond motifs is 1. The van der Waals surface area contributed by atoms with Crippen molar-refractivity contribution < 1.29 is 4.79 Å². The zero-order chi connectivity index (χ0) is 13.0. The molecule has 0 aliphatic heterocycles. The Morgan fingerprint density at radius 3 is 2.56 bits per heavy atom. The highest BCUT2D eigenvalue weighted by Crippen LogP contribution is 2.17. The Balaban J connectivity index is 2.12. The summed E-state index contributed by atoms with van der Waals surface area (Å²) in [6, 6.07) is 14.4. The number of carbonyl (C=O) groups excluding carboxylic acids is 1. The Kier molecular flexibility index (Phi) is 3.93. The molecule has 0 heterocycles. The van der Waals surface area contributed by atoms with Crippen molar-refractivity contribution in [1.29, 1.82) is 0 Å². The van der Waals surface area contributed by atoms with Crippen molar-refractivity contribution in [3.63, 3.8) is 0 Å². The second-order valence-electron chi connectivity index (χ2n) is 4.68. The van der Waals surface area contributed by atoms with Gasteiger partial charge in [0.1, 0.15) is 5.78 Å². The van der Waals surface area contributed by atoms with Crippen LogP contribution >= 0.6 is 0 Å². The molecule has 0 aliphatic carbocycles. The van der Waals surface area contributed by atoms with Gasteiger partial charge in [-0.05, 0) is 22.8 Å². The van der Waals surface area contributed by atoms with E-state index in [0.29, 0.717) is 12.8 Å². The third-order valence-electron chi connectivity index (χ3n) is 3.16. The molecule has 18 heavy (non-hydrogen) atoms. The van der Waals surface area contributed by atoms with Crippen molar-refractivity contribution in [3.8, 4) is 0 Å². The molecule has 0 radical (unpaired) electrons. The molecule has 0 bridgehead atoms. The average Bonchev–Trinajstić information content (AvgIpc) is 2.38. The Hall–Kier alpha value is -1.89. The van der Waals surface area contributed by atoms with E-state index >= 15 is 0 Å². The van der Waals surface area contributed by atoms with Gasteiger partial charge in [-0.15, -0.1) is 0 Å². The molecule has 92 valence electrons. The zero-order valence-electron chi connectivity index (χ0n) is 10.8. The first-order valence-corrected chi connectivity index (χ1v) is 6.35. The van der Waals surface area contributed by atoms with E-state index in [2.05, 4.69) is 30.8 Å². The second-order valence-corrected chi connectivity index (χ2v) is 4.68. The van der Waals surface area contributed by atoms with Crippen LogP contribution in [0, 0.1) is 0 Å². The highest BCUT2D eigenvalue weighted by atomic mass is 16.1. The van der Waals surface area contributed by atoms with Crippen molar-refractivity contribution in [3.05, 3.63) is 60.2 Å². The Morgan fingerprint density at radius 1 is 1.11 bits per heavy atom. The van der Waals surface area contributed by atoms with Crippen LogP contribution in [-0.4, -0.2) is 5.78 Å². The Labute approximate surface area is 108 Å². The number of hydrogen-bond acceptors (Lipinski definition) is 1. The molecular weight excluding hydrogens is 220 g/mol. The number of Topliss-reactive ketones (excluding diaryl/α,β-unsaturated/α-hetero) is 1. The lowest BCUT2D eigenvalue weighted by atomic mass is 10.00. The molecule has 2 aromatic carbocycles. The van der Waals surface area contributed by atoms with E-state index in [4.69, 9.17) is 0 Å². The van der Waals surface area contributed by atoms with E-state index < -0.39 is 0 Å². The van der Waals surface area contributed by atoms with Gasteiger partial charge in [0.2, 0.25) is 0 Å². The second kappa shape index (κ2) is 5.63. The molecule has 0 atom stereocenters. The van der Waals surface area contributed by atoms with Gasteiger partial charge in [-0.1, -0.05) is 61.5 Å². The first-order valence-electron chi connectivity index (χ1n) is 6.35. The summed E-state index contributed by atoms with van der Waals surface area (Å²) in [6.45, 7) is 5.92. The summed E-state index contributed by atoms with van der Waals surface area (Å²) in [5, 5.41) is 2.41. The summed E-state index contributed by atoms with van der Waals surface area (Å²) in [7, 11) is 0. The largest absolute Gasteiger partial charge is 0.299 e. The molecule has 0 spiro atoms. The molecule has 0 saturated heterocycles. The predicted octanol–water partition coefficient (Wildman–Crippen LogP) is 4.31. The van der Waals surface area contributed by atoms with Crippen molar-refractivity contribution >= 4 is 16.6 Å². The van der Waals surface area contributed by atoms with E-state index in [0.717, 1.165) is 17.6 Å². The van der Waals surface area contributed by atoms with Crippen LogP contribution in [0.25, 0.3) is 10.8 Å². The van der Waals surface area contributed by atoms with Gasteiger partial charge in [-0.25, -0.2) is 0 Å². The number of hydrogen-bond donors (Lipinski definition) is 0. The normalized spacial score (nSPS) is 10.5. The number of benzene rings is 2. The molecular formula is C17H18O. The monoisotopic (exact) mass is 238 g/mol. The van der Waals surface area contributed by atoms with Crippen LogP contribution < -0.4 is 0 Å². The van der Waals surface area contributed by atoms with Crippen LogP contribution in [0.3, 0.4) is 0 Å². The van der Waals surface area contributed by atoms with Gasteiger partial charge in [0.15, 0.2) is 0 Å². The van der Waals surface area contributed by atoms with Crippen LogP contribution in [0.1, 0.15) is 25.3 Å². The van der Waals surface area contributed by atoms with Gasteiger partial charge in [-0.2, -0.15) is 0 Å². The first kappa shape index (κ1) is 12.6. The van der Waals surface area contributed by atoms with E-state index in [9.17, 15) is 4.79 Å². The lowest BCUT2D eigenvalue weighted by molar-refractivity contribution is -0.117. The first-order chi connectivity index (χ1) is 8.69. The number of ketones is 1. The van der Waals surface area contributed by atoms with Gasteiger partial charge in [0, 0.05) is 12.8 Å². The molecule has 0 saturated carbocycles. The summed E-state index contributed by atoms with van der Waals surface area (Å²) in [6.07, 6.45) is 1.89. The lowest BCUT2D eigenvalue weighted by Gasteiger charge is -2.04. The molecule has 0 aliphatic rings. The van der Waals surface area contributed by atoms with Crippen molar-refractivity contribution in [1.82, 2.24) is 0 Å². The number of allylic oxidation sites excluding steroid dienone is 1. The minimum absolute atomic E-state index is 0.247. The fourth-order valence-electron chi connectivity index (χ4n) is 2.04. The van der Waals surface area contributed by atoms with E-state index in [1.54, 1.807) is 0 Å². The molecule has 2 aromatic rings. The Bertz CT molecular complexity index is 581. The maximum Gasteiger partial charge on any atom is 0.141 e. The van der Waals surface area contributed by atoms with Crippen LogP contribution in [0.15, 0.2) is 54.6 Å². The molecule has 0 amide bonds. The van der Waals surface area contributed by atoms with Gasteiger partial charge in [0.25, 0.3) is 0 Å². The van der Waals surface area contributed by atoms with Crippen LogP contribution in [0.2, 0.25) is 0 Å². The summed E-state index contributed by atoms with van der Waals surface area (Å²) in [5.41, 5.74) is 2.10. The minimum Gasteiger partial charge on any atom is -0.299 e. The number of rotatable bonds is 5. The Morgan fingerprint density at radius 2 is 1.83 bits per heavy atom. The minimum atomic E-state index is 0.247. The maximum absolute atomic E-state index is 11.9. The quantitative estimate of drug-likeness (QED) is 0.709. The number of carbonyl (C=O) groups is 1. The molecule has 1 nitrogen and oxygen atoms in total.